The lowest BCUT2D eigenvalue weighted by Gasteiger charge is -2.26. The number of ether oxygens (including phenoxy) is 1. The number of hydrogen-bond donors (Lipinski definition) is 1. The van der Waals surface area contributed by atoms with Gasteiger partial charge in [-0.3, -0.25) is 9.59 Å². The summed E-state index contributed by atoms with van der Waals surface area (Å²) in [4.78, 5) is 27.9. The zero-order valence-corrected chi connectivity index (χ0v) is 12.3. The minimum absolute atomic E-state index is 0.183. The lowest BCUT2D eigenvalue weighted by atomic mass is 10.1. The Kier molecular flexibility index (Phi) is 4.42. The van der Waals surface area contributed by atoms with Gasteiger partial charge in [-0.15, -0.1) is 0 Å². The third kappa shape index (κ3) is 3.13. The zero-order chi connectivity index (χ0) is 15.4. The van der Waals surface area contributed by atoms with Gasteiger partial charge in [0, 0.05) is 18.7 Å². The topological polar surface area (TPSA) is 62.4 Å². The first-order valence-electron chi connectivity index (χ1n) is 6.64. The SMILES string of the molecule is COc1ccccc1C(C)N(C)C(=O)c1cccc(=O)[nH]1. The highest BCUT2D eigenvalue weighted by atomic mass is 16.5. The Labute approximate surface area is 123 Å². The normalized spacial score (nSPS) is 11.8. The second-order valence-electron chi connectivity index (χ2n) is 4.76. The molecule has 1 aromatic carbocycles. The molecular formula is C16H18N2O3. The number of amides is 1. The minimum atomic E-state index is -0.292. The molecule has 2 rings (SSSR count). The molecule has 1 aromatic heterocycles. The Balaban J connectivity index is 2.28. The number of H-pyrrole nitrogens is 1. The summed E-state index contributed by atoms with van der Waals surface area (Å²) in [6, 6.07) is 11.9. The number of methoxy groups -OCH3 is 1. The van der Waals surface area contributed by atoms with Crippen LogP contribution in [0.1, 0.15) is 29.0 Å². The van der Waals surface area contributed by atoms with Crippen LogP contribution in [0.2, 0.25) is 0 Å². The summed E-state index contributed by atoms with van der Waals surface area (Å²) in [6.07, 6.45) is 0. The number of benzene rings is 1. The molecule has 1 atom stereocenters. The molecule has 0 spiro atoms. The molecule has 1 unspecified atom stereocenters. The largest absolute Gasteiger partial charge is 0.496 e. The van der Waals surface area contributed by atoms with Gasteiger partial charge in [-0.05, 0) is 19.1 Å². The van der Waals surface area contributed by atoms with Crippen LogP contribution in [0.25, 0.3) is 0 Å². The predicted molar refractivity (Wildman–Crippen MR) is 80.6 cm³/mol. The maximum Gasteiger partial charge on any atom is 0.270 e. The lowest BCUT2D eigenvalue weighted by molar-refractivity contribution is 0.0735. The Morgan fingerprint density at radius 3 is 2.57 bits per heavy atom. The maximum atomic E-state index is 12.4. The van der Waals surface area contributed by atoms with E-state index in [-0.39, 0.29) is 23.2 Å². The number of nitrogens with one attached hydrogen (secondary N) is 1. The number of nitrogens with zero attached hydrogens (tertiary/aromatic N) is 1. The smallest absolute Gasteiger partial charge is 0.270 e. The molecule has 0 aliphatic carbocycles. The first kappa shape index (κ1) is 14.8. The van der Waals surface area contributed by atoms with Crippen LogP contribution in [-0.2, 0) is 0 Å². The van der Waals surface area contributed by atoms with E-state index in [0.717, 1.165) is 11.3 Å². The van der Waals surface area contributed by atoms with E-state index in [1.807, 2.05) is 31.2 Å². The van der Waals surface area contributed by atoms with Crippen LogP contribution >= 0.6 is 0 Å². The Bertz CT molecular complexity index is 694. The Morgan fingerprint density at radius 1 is 1.19 bits per heavy atom. The molecule has 0 saturated heterocycles. The molecule has 5 heteroatoms. The van der Waals surface area contributed by atoms with E-state index in [9.17, 15) is 9.59 Å². The fourth-order valence-corrected chi connectivity index (χ4v) is 2.16. The van der Waals surface area contributed by atoms with Crippen molar-refractivity contribution < 1.29 is 9.53 Å². The summed E-state index contributed by atoms with van der Waals surface area (Å²) in [5.74, 6) is 0.484. The summed E-state index contributed by atoms with van der Waals surface area (Å²) in [7, 11) is 3.30. The summed E-state index contributed by atoms with van der Waals surface area (Å²) >= 11 is 0. The number of carbonyl (C=O) groups excluding carboxylic acids is 1. The van der Waals surface area contributed by atoms with Gasteiger partial charge in [-0.25, -0.2) is 0 Å². The molecule has 5 nitrogen and oxygen atoms in total. The number of aromatic amines is 1. The Morgan fingerprint density at radius 2 is 1.90 bits per heavy atom. The van der Waals surface area contributed by atoms with Crippen LogP contribution in [-0.4, -0.2) is 29.9 Å². The van der Waals surface area contributed by atoms with E-state index in [1.165, 1.54) is 6.07 Å². The van der Waals surface area contributed by atoms with E-state index < -0.39 is 0 Å². The fourth-order valence-electron chi connectivity index (χ4n) is 2.16. The molecule has 0 aliphatic heterocycles. The third-order valence-corrected chi connectivity index (χ3v) is 3.49. The van der Waals surface area contributed by atoms with Crippen LogP contribution < -0.4 is 10.3 Å². The zero-order valence-electron chi connectivity index (χ0n) is 12.3. The van der Waals surface area contributed by atoms with Gasteiger partial charge in [0.1, 0.15) is 11.4 Å². The first-order chi connectivity index (χ1) is 10.0. The first-order valence-corrected chi connectivity index (χ1v) is 6.64. The maximum absolute atomic E-state index is 12.4. The van der Waals surface area contributed by atoms with Crippen LogP contribution in [0.15, 0.2) is 47.3 Å². The quantitative estimate of drug-likeness (QED) is 0.937. The van der Waals surface area contributed by atoms with Crippen molar-refractivity contribution in [3.8, 4) is 5.75 Å². The standard InChI is InChI=1S/C16H18N2O3/c1-11(12-7-4-5-9-14(12)21-3)18(2)16(20)13-8-6-10-15(19)17-13/h4-11H,1-3H3,(H,17,19). The Hall–Kier alpha value is -2.56. The predicted octanol–water partition coefficient (Wildman–Crippen LogP) is 2.22. The van der Waals surface area contributed by atoms with Gasteiger partial charge < -0.3 is 14.6 Å². The number of carbonyl (C=O) groups is 1. The summed E-state index contributed by atoms with van der Waals surface area (Å²) in [5.41, 5.74) is 0.889. The lowest BCUT2D eigenvalue weighted by Crippen LogP contribution is -2.31. The van der Waals surface area contributed by atoms with Gasteiger partial charge in [0.15, 0.2) is 0 Å². The monoisotopic (exact) mass is 286 g/mol. The molecule has 1 heterocycles. The molecule has 2 aromatic rings. The highest BCUT2D eigenvalue weighted by Crippen LogP contribution is 2.28. The van der Waals surface area contributed by atoms with E-state index >= 15 is 0 Å². The number of pyridine rings is 1. The summed E-state index contributed by atoms with van der Waals surface area (Å²) in [5, 5.41) is 0. The van der Waals surface area contributed by atoms with Crippen LogP contribution in [0.3, 0.4) is 0 Å². The van der Waals surface area contributed by atoms with Crippen LogP contribution in [0.4, 0.5) is 0 Å². The van der Waals surface area contributed by atoms with E-state index in [1.54, 1.807) is 31.2 Å². The molecule has 0 radical (unpaired) electrons. The minimum Gasteiger partial charge on any atom is -0.496 e. The molecule has 110 valence electrons. The van der Waals surface area contributed by atoms with E-state index in [2.05, 4.69) is 4.98 Å². The highest BCUT2D eigenvalue weighted by molar-refractivity contribution is 5.92. The van der Waals surface area contributed by atoms with Crippen LogP contribution in [0, 0.1) is 0 Å². The number of aromatic nitrogens is 1. The second-order valence-corrected chi connectivity index (χ2v) is 4.76. The van der Waals surface area contributed by atoms with Crippen molar-refractivity contribution in [2.24, 2.45) is 0 Å². The fraction of sp³-hybridized carbons (Fsp3) is 0.250. The number of hydrogen-bond acceptors (Lipinski definition) is 3. The average molecular weight is 286 g/mol. The van der Waals surface area contributed by atoms with Gasteiger partial charge in [0.2, 0.25) is 5.56 Å². The van der Waals surface area contributed by atoms with Crippen molar-refractivity contribution in [1.29, 1.82) is 0 Å². The molecular weight excluding hydrogens is 268 g/mol. The molecule has 1 amide bonds. The number of para-hydroxylation sites is 1. The van der Waals surface area contributed by atoms with Crippen molar-refractivity contribution in [3.63, 3.8) is 0 Å². The third-order valence-electron chi connectivity index (χ3n) is 3.49. The van der Waals surface area contributed by atoms with Crippen molar-refractivity contribution in [2.75, 3.05) is 14.2 Å². The van der Waals surface area contributed by atoms with Crippen LogP contribution in [0.5, 0.6) is 5.75 Å². The van der Waals surface area contributed by atoms with Crippen molar-refractivity contribution in [2.45, 2.75) is 13.0 Å². The molecule has 0 saturated carbocycles. The van der Waals surface area contributed by atoms with Gasteiger partial charge in [0.05, 0.1) is 13.2 Å². The second kappa shape index (κ2) is 6.26. The number of rotatable bonds is 4. The molecule has 0 bridgehead atoms. The molecule has 0 aliphatic rings. The van der Waals surface area contributed by atoms with E-state index in [0.29, 0.717) is 0 Å². The molecule has 0 fully saturated rings. The van der Waals surface area contributed by atoms with Gasteiger partial charge in [-0.2, -0.15) is 0 Å². The average Bonchev–Trinajstić information content (AvgIpc) is 2.52. The van der Waals surface area contributed by atoms with Crippen molar-refractivity contribution in [3.05, 3.63) is 64.1 Å². The molecule has 1 N–H and O–H groups in total. The van der Waals surface area contributed by atoms with Gasteiger partial charge in [0.25, 0.3) is 5.91 Å². The van der Waals surface area contributed by atoms with Crippen molar-refractivity contribution in [1.82, 2.24) is 9.88 Å². The summed E-state index contributed by atoms with van der Waals surface area (Å²) in [6.45, 7) is 1.91. The summed E-state index contributed by atoms with van der Waals surface area (Å²) < 4.78 is 5.33. The highest BCUT2D eigenvalue weighted by Gasteiger charge is 2.21. The van der Waals surface area contributed by atoms with Gasteiger partial charge in [-0.1, -0.05) is 24.3 Å². The van der Waals surface area contributed by atoms with E-state index in [4.69, 9.17) is 4.74 Å². The van der Waals surface area contributed by atoms with Crippen molar-refractivity contribution >= 4 is 5.91 Å². The molecule has 21 heavy (non-hydrogen) atoms. The van der Waals surface area contributed by atoms with Gasteiger partial charge >= 0.3 is 0 Å².